The SMILES string of the molecule is CCc1ccc(OCCC2(N)CC2)cc1. The summed E-state index contributed by atoms with van der Waals surface area (Å²) in [7, 11) is 0. The molecular formula is C13H19NO. The van der Waals surface area contributed by atoms with E-state index >= 15 is 0 Å². The van der Waals surface area contributed by atoms with Crippen LogP contribution in [0.1, 0.15) is 31.7 Å². The fourth-order valence-corrected chi connectivity index (χ4v) is 1.60. The maximum absolute atomic E-state index is 5.98. The van der Waals surface area contributed by atoms with E-state index in [9.17, 15) is 0 Å². The van der Waals surface area contributed by atoms with Crippen LogP contribution in [-0.4, -0.2) is 12.1 Å². The quantitative estimate of drug-likeness (QED) is 0.801. The van der Waals surface area contributed by atoms with Gasteiger partial charge in [0.1, 0.15) is 5.75 Å². The number of rotatable bonds is 5. The summed E-state index contributed by atoms with van der Waals surface area (Å²) in [6.45, 7) is 2.89. The number of hydrogen-bond donors (Lipinski definition) is 1. The number of hydrogen-bond acceptors (Lipinski definition) is 2. The molecule has 2 N–H and O–H groups in total. The monoisotopic (exact) mass is 205 g/mol. The summed E-state index contributed by atoms with van der Waals surface area (Å²) >= 11 is 0. The van der Waals surface area contributed by atoms with Gasteiger partial charge in [-0.25, -0.2) is 0 Å². The molecule has 2 nitrogen and oxygen atoms in total. The highest BCUT2D eigenvalue weighted by Crippen LogP contribution is 2.35. The molecule has 82 valence electrons. The van der Waals surface area contributed by atoms with Crippen LogP contribution in [0.5, 0.6) is 5.75 Å². The van der Waals surface area contributed by atoms with E-state index in [1.165, 1.54) is 5.56 Å². The van der Waals surface area contributed by atoms with E-state index < -0.39 is 0 Å². The first kappa shape index (κ1) is 10.5. The normalized spacial score (nSPS) is 17.5. The van der Waals surface area contributed by atoms with Gasteiger partial charge in [-0.15, -0.1) is 0 Å². The van der Waals surface area contributed by atoms with Gasteiger partial charge in [0, 0.05) is 5.54 Å². The van der Waals surface area contributed by atoms with E-state index in [0.717, 1.165) is 38.0 Å². The van der Waals surface area contributed by atoms with E-state index in [4.69, 9.17) is 10.5 Å². The second-order valence-electron chi connectivity index (χ2n) is 4.46. The lowest BCUT2D eigenvalue weighted by Crippen LogP contribution is -2.24. The first-order valence-electron chi connectivity index (χ1n) is 5.72. The molecule has 0 heterocycles. The van der Waals surface area contributed by atoms with Gasteiger partial charge in [0.25, 0.3) is 0 Å². The van der Waals surface area contributed by atoms with Crippen LogP contribution in [0.15, 0.2) is 24.3 Å². The highest BCUT2D eigenvalue weighted by molar-refractivity contribution is 5.27. The van der Waals surface area contributed by atoms with Crippen molar-refractivity contribution in [2.24, 2.45) is 5.73 Å². The molecule has 1 aromatic carbocycles. The molecule has 0 spiro atoms. The summed E-state index contributed by atoms with van der Waals surface area (Å²) in [6, 6.07) is 8.30. The molecule has 0 radical (unpaired) electrons. The Labute approximate surface area is 91.4 Å². The van der Waals surface area contributed by atoms with Crippen LogP contribution in [0.25, 0.3) is 0 Å². The van der Waals surface area contributed by atoms with Gasteiger partial charge >= 0.3 is 0 Å². The maximum atomic E-state index is 5.98. The fraction of sp³-hybridized carbons (Fsp3) is 0.538. The van der Waals surface area contributed by atoms with Crippen molar-refractivity contribution in [3.05, 3.63) is 29.8 Å². The van der Waals surface area contributed by atoms with E-state index in [1.807, 2.05) is 12.1 Å². The van der Waals surface area contributed by atoms with Gasteiger partial charge in [-0.3, -0.25) is 0 Å². The molecule has 1 fully saturated rings. The largest absolute Gasteiger partial charge is 0.494 e. The van der Waals surface area contributed by atoms with Crippen molar-refractivity contribution in [3.63, 3.8) is 0 Å². The van der Waals surface area contributed by atoms with Gasteiger partial charge in [-0.05, 0) is 43.4 Å². The predicted molar refractivity (Wildman–Crippen MR) is 62.1 cm³/mol. The lowest BCUT2D eigenvalue weighted by atomic mass is 10.2. The van der Waals surface area contributed by atoms with Crippen molar-refractivity contribution in [1.82, 2.24) is 0 Å². The fourth-order valence-electron chi connectivity index (χ4n) is 1.60. The summed E-state index contributed by atoms with van der Waals surface area (Å²) < 4.78 is 5.64. The summed E-state index contributed by atoms with van der Waals surface area (Å²) in [5, 5.41) is 0. The molecule has 1 aliphatic carbocycles. The van der Waals surface area contributed by atoms with E-state index in [1.54, 1.807) is 0 Å². The minimum atomic E-state index is 0.101. The molecule has 15 heavy (non-hydrogen) atoms. The smallest absolute Gasteiger partial charge is 0.119 e. The van der Waals surface area contributed by atoms with E-state index in [-0.39, 0.29) is 5.54 Å². The van der Waals surface area contributed by atoms with Crippen LogP contribution in [0, 0.1) is 0 Å². The molecule has 2 heteroatoms. The van der Waals surface area contributed by atoms with E-state index in [2.05, 4.69) is 19.1 Å². The Balaban J connectivity index is 1.77. The van der Waals surface area contributed by atoms with Crippen molar-refractivity contribution >= 4 is 0 Å². The van der Waals surface area contributed by atoms with Crippen LogP contribution < -0.4 is 10.5 Å². The Morgan fingerprint density at radius 1 is 1.27 bits per heavy atom. The van der Waals surface area contributed by atoms with Gasteiger partial charge in [0.15, 0.2) is 0 Å². The highest BCUT2D eigenvalue weighted by Gasteiger charge is 2.37. The molecule has 0 bridgehead atoms. The molecule has 0 aliphatic heterocycles. The van der Waals surface area contributed by atoms with Crippen LogP contribution in [0.3, 0.4) is 0 Å². The Kier molecular flexibility index (Phi) is 2.96. The molecule has 1 saturated carbocycles. The van der Waals surface area contributed by atoms with Gasteiger partial charge in [-0.2, -0.15) is 0 Å². The molecule has 1 aromatic rings. The first-order valence-corrected chi connectivity index (χ1v) is 5.72. The minimum absolute atomic E-state index is 0.101. The molecule has 2 rings (SSSR count). The Morgan fingerprint density at radius 2 is 1.93 bits per heavy atom. The highest BCUT2D eigenvalue weighted by atomic mass is 16.5. The van der Waals surface area contributed by atoms with Crippen molar-refractivity contribution in [1.29, 1.82) is 0 Å². The van der Waals surface area contributed by atoms with Crippen molar-refractivity contribution < 1.29 is 4.74 Å². The Bertz CT molecular complexity index is 314. The standard InChI is InChI=1S/C13H19NO/c1-2-11-3-5-12(6-4-11)15-10-9-13(14)7-8-13/h3-6H,2,7-10,14H2,1H3. The summed E-state index contributed by atoms with van der Waals surface area (Å²) in [6.07, 6.45) is 4.37. The third-order valence-electron chi connectivity index (χ3n) is 3.09. The molecule has 0 unspecified atom stereocenters. The zero-order chi connectivity index (χ0) is 10.7. The Morgan fingerprint density at radius 3 is 2.47 bits per heavy atom. The van der Waals surface area contributed by atoms with Gasteiger partial charge in [0.2, 0.25) is 0 Å². The third-order valence-corrected chi connectivity index (χ3v) is 3.09. The molecular weight excluding hydrogens is 186 g/mol. The average molecular weight is 205 g/mol. The van der Waals surface area contributed by atoms with Crippen LogP contribution >= 0.6 is 0 Å². The van der Waals surface area contributed by atoms with E-state index in [0.29, 0.717) is 0 Å². The van der Waals surface area contributed by atoms with Crippen LogP contribution in [0.2, 0.25) is 0 Å². The Hall–Kier alpha value is -1.02. The maximum Gasteiger partial charge on any atom is 0.119 e. The third kappa shape index (κ3) is 2.96. The number of nitrogens with two attached hydrogens (primary N) is 1. The number of benzene rings is 1. The van der Waals surface area contributed by atoms with Crippen molar-refractivity contribution in [2.45, 2.75) is 38.1 Å². The summed E-state index contributed by atoms with van der Waals surface area (Å²) in [5.41, 5.74) is 7.42. The van der Waals surface area contributed by atoms with Crippen molar-refractivity contribution in [3.8, 4) is 5.75 Å². The molecule has 0 aromatic heterocycles. The zero-order valence-corrected chi connectivity index (χ0v) is 9.33. The average Bonchev–Trinajstić information content (AvgIpc) is 2.98. The van der Waals surface area contributed by atoms with Crippen molar-refractivity contribution in [2.75, 3.05) is 6.61 Å². The molecule has 0 saturated heterocycles. The second-order valence-corrected chi connectivity index (χ2v) is 4.46. The summed E-state index contributed by atoms with van der Waals surface area (Å²) in [5.74, 6) is 0.955. The minimum Gasteiger partial charge on any atom is -0.494 e. The predicted octanol–water partition coefficient (Wildman–Crippen LogP) is 2.51. The lowest BCUT2D eigenvalue weighted by molar-refractivity contribution is 0.293. The molecule has 0 amide bonds. The topological polar surface area (TPSA) is 35.2 Å². The number of aryl methyl sites for hydroxylation is 1. The lowest BCUT2D eigenvalue weighted by Gasteiger charge is -2.10. The van der Waals surface area contributed by atoms with Crippen LogP contribution in [0.4, 0.5) is 0 Å². The number of ether oxygens (including phenoxy) is 1. The van der Waals surface area contributed by atoms with Crippen LogP contribution in [-0.2, 0) is 6.42 Å². The van der Waals surface area contributed by atoms with Gasteiger partial charge in [0.05, 0.1) is 6.61 Å². The summed E-state index contributed by atoms with van der Waals surface area (Å²) in [4.78, 5) is 0. The zero-order valence-electron chi connectivity index (χ0n) is 9.33. The van der Waals surface area contributed by atoms with Gasteiger partial charge in [-0.1, -0.05) is 19.1 Å². The molecule has 0 atom stereocenters. The second kappa shape index (κ2) is 4.23. The first-order chi connectivity index (χ1) is 7.22. The molecule has 1 aliphatic rings. The van der Waals surface area contributed by atoms with Gasteiger partial charge < -0.3 is 10.5 Å².